The van der Waals surface area contributed by atoms with Gasteiger partial charge in [-0.3, -0.25) is 14.4 Å². The lowest BCUT2D eigenvalue weighted by Crippen LogP contribution is -2.45. The van der Waals surface area contributed by atoms with Crippen LogP contribution in [0.1, 0.15) is 58.8 Å². The summed E-state index contributed by atoms with van der Waals surface area (Å²) in [5, 5.41) is 0. The molecule has 5 rings (SSSR count). The summed E-state index contributed by atoms with van der Waals surface area (Å²) in [4.78, 5) is 38.2. The van der Waals surface area contributed by atoms with Gasteiger partial charge < -0.3 is 9.47 Å². The number of hydrogen-bond donors (Lipinski definition) is 0. The molecule has 4 fully saturated rings. The summed E-state index contributed by atoms with van der Waals surface area (Å²) in [6.45, 7) is 7.77. The summed E-state index contributed by atoms with van der Waals surface area (Å²) in [5.41, 5.74) is 0.280. The lowest BCUT2D eigenvalue weighted by molar-refractivity contribution is -0.157. The van der Waals surface area contributed by atoms with Crippen LogP contribution in [0.15, 0.2) is 23.8 Å². The van der Waals surface area contributed by atoms with Crippen LogP contribution < -0.4 is 0 Å². The van der Waals surface area contributed by atoms with Gasteiger partial charge in [0, 0.05) is 42.4 Å². The molecule has 0 aliphatic heterocycles. The Morgan fingerprint density at radius 1 is 1.21 bits per heavy atom. The maximum absolute atomic E-state index is 13.2. The molecule has 0 saturated heterocycles. The molecule has 5 aliphatic rings. The Hall–Kier alpha value is -1.91. The van der Waals surface area contributed by atoms with E-state index < -0.39 is 16.4 Å². The Labute approximate surface area is 165 Å². The standard InChI is InChI=1S/C23H28O5/c1-13-10-22-12-23(13,28-14(2)24)9-6-15(22)21-8-5-7-20(3,16(25)11-21)18(21)17(22)19(26)27-4/h6,17-18H,1,5,7-12H2,2-4H3/t17-,18-,20+,21-,22+,23+/m1/s1. The van der Waals surface area contributed by atoms with Crippen molar-refractivity contribution in [3.63, 3.8) is 0 Å². The fourth-order valence-electron chi connectivity index (χ4n) is 8.21. The number of carbonyl (C=O) groups excluding carboxylic acids is 3. The number of esters is 2. The van der Waals surface area contributed by atoms with Crippen LogP contribution >= 0.6 is 0 Å². The highest BCUT2D eigenvalue weighted by atomic mass is 16.6. The molecule has 6 atom stereocenters. The molecule has 0 unspecified atom stereocenters. The predicted octanol–water partition coefficient (Wildman–Crippen LogP) is 3.52. The number of carbonyl (C=O) groups is 3. The Morgan fingerprint density at radius 2 is 1.96 bits per heavy atom. The molecule has 0 aromatic carbocycles. The van der Waals surface area contributed by atoms with Crippen molar-refractivity contribution in [2.75, 3.05) is 7.11 Å². The number of Topliss-reactive ketones (excluding diaryl/α,β-unsaturated/α-hetero) is 1. The molecule has 0 radical (unpaired) electrons. The Kier molecular flexibility index (Phi) is 3.35. The van der Waals surface area contributed by atoms with Crippen molar-refractivity contribution >= 4 is 17.7 Å². The van der Waals surface area contributed by atoms with Crippen LogP contribution in [-0.4, -0.2) is 30.4 Å². The fraction of sp³-hybridized carbons (Fsp3) is 0.696. The van der Waals surface area contributed by atoms with E-state index in [0.717, 1.165) is 24.8 Å². The van der Waals surface area contributed by atoms with Gasteiger partial charge in [0.1, 0.15) is 11.4 Å². The van der Waals surface area contributed by atoms with Crippen molar-refractivity contribution in [2.24, 2.45) is 28.1 Å². The average Bonchev–Trinajstić information content (AvgIpc) is 3.03. The van der Waals surface area contributed by atoms with Gasteiger partial charge in [0.05, 0.1) is 13.0 Å². The Balaban J connectivity index is 1.74. The zero-order chi connectivity index (χ0) is 20.1. The largest absolute Gasteiger partial charge is 0.469 e. The van der Waals surface area contributed by atoms with E-state index >= 15 is 0 Å². The van der Waals surface area contributed by atoms with E-state index in [2.05, 4.69) is 19.6 Å². The van der Waals surface area contributed by atoms with E-state index in [9.17, 15) is 14.4 Å². The molecule has 4 bridgehead atoms. The number of hydrogen-bond acceptors (Lipinski definition) is 5. The Morgan fingerprint density at radius 3 is 2.64 bits per heavy atom. The number of ketones is 1. The van der Waals surface area contributed by atoms with Gasteiger partial charge in [-0.2, -0.15) is 0 Å². The summed E-state index contributed by atoms with van der Waals surface area (Å²) in [6, 6.07) is 0. The maximum atomic E-state index is 13.2. The normalized spacial score (nSPS) is 48.0. The van der Waals surface area contributed by atoms with E-state index in [4.69, 9.17) is 9.47 Å². The minimum absolute atomic E-state index is 0.0287. The van der Waals surface area contributed by atoms with E-state index in [0.29, 0.717) is 31.5 Å². The van der Waals surface area contributed by atoms with Crippen molar-refractivity contribution in [3.8, 4) is 0 Å². The zero-order valence-corrected chi connectivity index (χ0v) is 16.9. The third-order valence-corrected chi connectivity index (χ3v) is 8.92. The van der Waals surface area contributed by atoms with Gasteiger partial charge in [-0.15, -0.1) is 0 Å². The molecule has 28 heavy (non-hydrogen) atoms. The molecule has 5 heteroatoms. The summed E-state index contributed by atoms with van der Waals surface area (Å²) >= 11 is 0. The first-order valence-corrected chi connectivity index (χ1v) is 10.4. The molecule has 0 aromatic heterocycles. The second kappa shape index (κ2) is 5.17. The van der Waals surface area contributed by atoms with Gasteiger partial charge in [0.15, 0.2) is 0 Å². The van der Waals surface area contributed by atoms with Crippen molar-refractivity contribution in [1.29, 1.82) is 0 Å². The molecule has 0 aromatic rings. The van der Waals surface area contributed by atoms with Gasteiger partial charge in [0.2, 0.25) is 0 Å². The van der Waals surface area contributed by atoms with E-state index in [-0.39, 0.29) is 29.2 Å². The minimum Gasteiger partial charge on any atom is -0.469 e. The molecule has 5 nitrogen and oxygen atoms in total. The van der Waals surface area contributed by atoms with Gasteiger partial charge in [0.25, 0.3) is 0 Å². The van der Waals surface area contributed by atoms with Crippen molar-refractivity contribution < 1.29 is 23.9 Å². The van der Waals surface area contributed by atoms with Crippen molar-refractivity contribution in [3.05, 3.63) is 23.8 Å². The van der Waals surface area contributed by atoms with E-state index in [1.54, 1.807) is 0 Å². The molecular weight excluding hydrogens is 356 g/mol. The maximum Gasteiger partial charge on any atom is 0.309 e. The summed E-state index contributed by atoms with van der Waals surface area (Å²) in [5.74, 6) is -0.655. The molecule has 0 amide bonds. The quantitative estimate of drug-likeness (QED) is 0.538. The predicted molar refractivity (Wildman–Crippen MR) is 101 cm³/mol. The summed E-state index contributed by atoms with van der Waals surface area (Å²) in [6.07, 6.45) is 7.35. The Bertz CT molecular complexity index is 870. The number of fused-ring (bicyclic) bond motifs is 1. The van der Waals surface area contributed by atoms with Crippen molar-refractivity contribution in [2.45, 2.75) is 64.4 Å². The average molecular weight is 384 g/mol. The van der Waals surface area contributed by atoms with Gasteiger partial charge >= 0.3 is 11.9 Å². The third kappa shape index (κ3) is 1.77. The molecule has 0 N–H and O–H groups in total. The second-order valence-corrected chi connectivity index (χ2v) is 10.0. The number of rotatable bonds is 2. The molecule has 0 heterocycles. The smallest absolute Gasteiger partial charge is 0.309 e. The lowest BCUT2D eigenvalue weighted by atomic mass is 9.59. The van der Waals surface area contributed by atoms with Gasteiger partial charge in [-0.1, -0.05) is 31.6 Å². The number of methoxy groups -OCH3 is 1. The summed E-state index contributed by atoms with van der Waals surface area (Å²) in [7, 11) is 1.44. The minimum atomic E-state index is -0.726. The third-order valence-electron chi connectivity index (χ3n) is 8.92. The van der Waals surface area contributed by atoms with Crippen LogP contribution in [0, 0.1) is 28.1 Å². The van der Waals surface area contributed by atoms with Gasteiger partial charge in [-0.05, 0) is 30.8 Å². The van der Waals surface area contributed by atoms with E-state index in [1.807, 2.05) is 0 Å². The molecule has 150 valence electrons. The molecule has 1 spiro atoms. The van der Waals surface area contributed by atoms with Crippen LogP contribution in [0.25, 0.3) is 0 Å². The second-order valence-electron chi connectivity index (χ2n) is 10.0. The van der Waals surface area contributed by atoms with Crippen molar-refractivity contribution in [1.82, 2.24) is 0 Å². The van der Waals surface area contributed by atoms with E-state index in [1.165, 1.54) is 19.6 Å². The lowest BCUT2D eigenvalue weighted by Gasteiger charge is -2.43. The number of allylic oxidation sites excluding steroid dienone is 1. The first-order chi connectivity index (χ1) is 13.2. The molecule has 5 aliphatic carbocycles. The highest BCUT2D eigenvalue weighted by molar-refractivity contribution is 5.92. The van der Waals surface area contributed by atoms with Crippen LogP contribution in [0.2, 0.25) is 0 Å². The molecular formula is C23H28O5. The zero-order valence-electron chi connectivity index (χ0n) is 16.9. The summed E-state index contributed by atoms with van der Waals surface area (Å²) < 4.78 is 11.1. The van der Waals surface area contributed by atoms with Crippen LogP contribution in [0.3, 0.4) is 0 Å². The van der Waals surface area contributed by atoms with Crippen LogP contribution in [-0.2, 0) is 23.9 Å². The topological polar surface area (TPSA) is 69.7 Å². The first-order valence-electron chi connectivity index (χ1n) is 10.4. The monoisotopic (exact) mass is 384 g/mol. The van der Waals surface area contributed by atoms with Crippen LogP contribution in [0.4, 0.5) is 0 Å². The highest BCUT2D eigenvalue weighted by Gasteiger charge is 2.79. The SMILES string of the molecule is C=C1C[C@]23C[C@@]1(OC(C)=O)CC=C2[C@@]12CCC[C@@](C)(C(=O)C1)[C@H]2[C@@H]3C(=O)OC. The van der Waals surface area contributed by atoms with Gasteiger partial charge in [-0.25, -0.2) is 0 Å². The highest BCUT2D eigenvalue weighted by Crippen LogP contribution is 2.80. The number of ether oxygens (including phenoxy) is 2. The van der Waals surface area contributed by atoms with Crippen LogP contribution in [0.5, 0.6) is 0 Å². The first kappa shape index (κ1) is 18.1. The fourth-order valence-corrected chi connectivity index (χ4v) is 8.21. The molecule has 4 saturated carbocycles.